The van der Waals surface area contributed by atoms with Crippen molar-refractivity contribution in [2.75, 3.05) is 0 Å². The number of rotatable bonds is 14. The van der Waals surface area contributed by atoms with Crippen LogP contribution in [-0.2, 0) is 4.79 Å². The molecule has 0 saturated carbocycles. The summed E-state index contributed by atoms with van der Waals surface area (Å²) in [5, 5.41) is 0. The zero-order valence-corrected chi connectivity index (χ0v) is 22.5. The van der Waals surface area contributed by atoms with Crippen molar-refractivity contribution in [3.8, 4) is 17.2 Å². The normalized spacial score (nSPS) is 11.7. The van der Waals surface area contributed by atoms with E-state index in [9.17, 15) is 4.79 Å². The second-order valence-corrected chi connectivity index (χ2v) is 11.4. The van der Waals surface area contributed by atoms with Crippen molar-refractivity contribution in [3.63, 3.8) is 0 Å². The van der Waals surface area contributed by atoms with Gasteiger partial charge < -0.3 is 0 Å². The molecular weight excluding hydrogens is 455 g/mol. The molecule has 5 heteroatoms. The molecule has 35 heavy (non-hydrogen) atoms. The van der Waals surface area contributed by atoms with Crippen LogP contribution in [0.1, 0.15) is 68.6 Å². The minimum atomic E-state index is -3.93. The molecule has 0 aromatic heterocycles. The summed E-state index contributed by atoms with van der Waals surface area (Å²) in [4.78, 5) is 14.0. The van der Waals surface area contributed by atoms with Crippen LogP contribution >= 0.6 is 7.94 Å². The molecule has 0 heterocycles. The number of benzene rings is 3. The topological polar surface area (TPSA) is 44.8 Å². The molecule has 0 aliphatic heterocycles. The molecule has 3 aromatic carbocycles. The fourth-order valence-corrected chi connectivity index (χ4v) is 6.40. The predicted octanol–water partition coefficient (Wildman–Crippen LogP) is 8.92. The fraction of sp³-hybridized carbons (Fsp3) is 0.367. The third kappa shape index (κ3) is 7.57. The molecule has 0 saturated heterocycles. The first kappa shape index (κ1) is 26.8. The zero-order valence-electron chi connectivity index (χ0n) is 21.5. The van der Waals surface area contributed by atoms with Gasteiger partial charge in [-0.3, -0.25) is 0 Å². The van der Waals surface area contributed by atoms with Crippen molar-refractivity contribution in [1.82, 2.24) is 0 Å². The molecule has 0 fully saturated rings. The van der Waals surface area contributed by atoms with Crippen molar-refractivity contribution in [3.05, 3.63) is 89.5 Å². The number of hydrogen-bond acceptors (Lipinski definition) is 4. The van der Waals surface area contributed by atoms with Crippen LogP contribution < -0.4 is 13.6 Å². The van der Waals surface area contributed by atoms with Gasteiger partial charge in [-0.05, 0) is 0 Å². The van der Waals surface area contributed by atoms with Crippen LogP contribution in [0.2, 0.25) is 0 Å². The number of unbranched alkanes of at least 4 members (excludes halogenated alkanes) is 5. The van der Waals surface area contributed by atoms with Gasteiger partial charge in [-0.1, -0.05) is 0 Å². The van der Waals surface area contributed by atoms with Crippen LogP contribution in [0, 0.1) is 20.8 Å². The van der Waals surface area contributed by atoms with Gasteiger partial charge in [0.15, 0.2) is 0 Å². The average molecular weight is 495 g/mol. The van der Waals surface area contributed by atoms with Crippen LogP contribution in [0.5, 0.6) is 17.2 Å². The van der Waals surface area contributed by atoms with Gasteiger partial charge >= 0.3 is 211 Å². The Balaban J connectivity index is 1.99. The second-order valence-electron chi connectivity index (χ2n) is 9.10. The molecule has 0 atom stereocenters. The number of carbonyl (C=O) groups is 1. The molecule has 0 amide bonds. The minimum absolute atomic E-state index is 0.0947. The van der Waals surface area contributed by atoms with Crippen molar-refractivity contribution in [2.24, 2.45) is 0 Å². The Morgan fingerprint density at radius 3 is 1.37 bits per heavy atom. The first-order valence-corrected chi connectivity index (χ1v) is 14.4. The maximum absolute atomic E-state index is 14.0. The van der Waals surface area contributed by atoms with Crippen molar-refractivity contribution in [1.29, 1.82) is 0 Å². The first-order chi connectivity index (χ1) is 16.9. The van der Waals surface area contributed by atoms with Gasteiger partial charge in [-0.15, -0.1) is 0 Å². The number of aryl methyl sites for hydroxylation is 3. The molecule has 3 rings (SSSR count). The Hall–Kier alpha value is -2.84. The van der Waals surface area contributed by atoms with Crippen molar-refractivity contribution >= 4 is 13.5 Å². The summed E-state index contributed by atoms with van der Waals surface area (Å²) in [6.45, 7) is 8.11. The molecule has 188 valence electrons. The van der Waals surface area contributed by atoms with E-state index in [4.69, 9.17) is 13.6 Å². The van der Waals surface area contributed by atoms with Crippen LogP contribution in [0.4, 0.5) is 0 Å². The summed E-state index contributed by atoms with van der Waals surface area (Å²) in [7, 11) is -3.93. The molecule has 0 N–H and O–H groups in total. The first-order valence-electron chi connectivity index (χ1n) is 12.7. The third-order valence-electron chi connectivity index (χ3n) is 6.11. The van der Waals surface area contributed by atoms with E-state index < -0.39 is 7.94 Å². The SMILES string of the molecule is CCCCCCCCC(=O)[PH](Oc1ccccc1C)(Oc1ccccc1C)Oc1ccccc1C. The van der Waals surface area contributed by atoms with Gasteiger partial charge in [0.2, 0.25) is 0 Å². The standard InChI is InChI=1S/C30H39O4P/c1-5-6-7-8-9-10-23-30(31)35(32-27-20-14-11-17-24(27)2,33-28-21-15-12-18-25(28)3)34-29-22-16-13-19-26(29)4/h11-22,35H,5-10,23H2,1-4H3. The van der Waals surface area contributed by atoms with E-state index in [2.05, 4.69) is 6.92 Å². The fourth-order valence-electron chi connectivity index (χ4n) is 3.90. The van der Waals surface area contributed by atoms with Crippen molar-refractivity contribution in [2.45, 2.75) is 72.6 Å². The van der Waals surface area contributed by atoms with Gasteiger partial charge in [-0.25, -0.2) is 0 Å². The summed E-state index contributed by atoms with van der Waals surface area (Å²) in [6, 6.07) is 23.1. The van der Waals surface area contributed by atoms with Crippen LogP contribution in [0.3, 0.4) is 0 Å². The molecule has 0 bridgehead atoms. The maximum atomic E-state index is 14.0. The summed E-state index contributed by atoms with van der Waals surface area (Å²) in [5.41, 5.74) is 2.69. The Kier molecular flexibility index (Phi) is 10.2. The zero-order chi connectivity index (χ0) is 25.1. The molecule has 0 aliphatic rings. The van der Waals surface area contributed by atoms with Gasteiger partial charge in [0, 0.05) is 0 Å². The van der Waals surface area contributed by atoms with Crippen molar-refractivity contribution < 1.29 is 18.4 Å². The van der Waals surface area contributed by atoms with Crippen LogP contribution in [-0.4, -0.2) is 5.52 Å². The van der Waals surface area contributed by atoms with Gasteiger partial charge in [-0.2, -0.15) is 0 Å². The van der Waals surface area contributed by atoms with E-state index in [0.29, 0.717) is 23.7 Å². The quantitative estimate of drug-likeness (QED) is 0.166. The number of para-hydroxylation sites is 3. The molecule has 0 aliphatic carbocycles. The summed E-state index contributed by atoms with van der Waals surface area (Å²) < 4.78 is 19.7. The average Bonchev–Trinajstić information content (AvgIpc) is 2.85. The van der Waals surface area contributed by atoms with E-state index in [1.165, 1.54) is 19.3 Å². The Bertz CT molecular complexity index is 979. The Labute approximate surface area is 211 Å². The third-order valence-corrected chi connectivity index (χ3v) is 8.51. The molecule has 4 nitrogen and oxygen atoms in total. The van der Waals surface area contributed by atoms with E-state index in [1.807, 2.05) is 93.6 Å². The molecule has 0 spiro atoms. The summed E-state index contributed by atoms with van der Waals surface area (Å²) in [5.74, 6) is 1.83. The number of hydrogen-bond donors (Lipinski definition) is 0. The Morgan fingerprint density at radius 2 is 0.971 bits per heavy atom. The number of carbonyl (C=O) groups excluding carboxylic acids is 1. The van der Waals surface area contributed by atoms with E-state index in [1.54, 1.807) is 0 Å². The molecule has 3 aromatic rings. The Morgan fingerprint density at radius 1 is 0.600 bits per heavy atom. The van der Waals surface area contributed by atoms with Gasteiger partial charge in [0.1, 0.15) is 0 Å². The molecular formula is C30H39O4P. The van der Waals surface area contributed by atoms with Gasteiger partial charge in [0.05, 0.1) is 0 Å². The molecule has 0 unspecified atom stereocenters. The summed E-state index contributed by atoms with van der Waals surface area (Å²) in [6.07, 6.45) is 6.93. The van der Waals surface area contributed by atoms with Crippen LogP contribution in [0.25, 0.3) is 0 Å². The second kappa shape index (κ2) is 13.3. The molecule has 0 radical (unpaired) electrons. The monoisotopic (exact) mass is 494 g/mol. The summed E-state index contributed by atoms with van der Waals surface area (Å²) >= 11 is 0. The van der Waals surface area contributed by atoms with Gasteiger partial charge in [0.25, 0.3) is 0 Å². The van der Waals surface area contributed by atoms with E-state index in [0.717, 1.165) is 36.0 Å². The van der Waals surface area contributed by atoms with E-state index >= 15 is 0 Å². The van der Waals surface area contributed by atoms with E-state index in [-0.39, 0.29) is 5.52 Å². The predicted molar refractivity (Wildman–Crippen MR) is 147 cm³/mol. The van der Waals surface area contributed by atoms with Crippen LogP contribution in [0.15, 0.2) is 72.8 Å².